The summed E-state index contributed by atoms with van der Waals surface area (Å²) in [6, 6.07) is 16.6. The number of aromatic nitrogens is 1. The lowest BCUT2D eigenvalue weighted by atomic mass is 9.99. The van der Waals surface area contributed by atoms with Gasteiger partial charge >= 0.3 is 5.97 Å². The molecule has 29 heavy (non-hydrogen) atoms. The van der Waals surface area contributed by atoms with Gasteiger partial charge in [-0.05, 0) is 30.5 Å². The standard InChI is InChI=1S/C22H22N2O4S/c25-19(14-28-22(27)20(26)15-7-2-1-3-8-15)24-12-6-9-16(13-24)21-23-17-10-4-5-11-18(17)29-21/h1-5,7-8,10-11,16,20,26H,6,9,12-14H2/t16-,20-/m0/s1. The molecule has 2 atom stereocenters. The number of hydrogen-bond donors (Lipinski definition) is 1. The van der Waals surface area contributed by atoms with E-state index >= 15 is 0 Å². The topological polar surface area (TPSA) is 79.7 Å². The molecule has 6 nitrogen and oxygen atoms in total. The highest BCUT2D eigenvalue weighted by Gasteiger charge is 2.28. The third-order valence-corrected chi connectivity index (χ3v) is 6.31. The zero-order valence-corrected chi connectivity index (χ0v) is 16.7. The first-order valence-electron chi connectivity index (χ1n) is 9.64. The first kappa shape index (κ1) is 19.5. The van der Waals surface area contributed by atoms with Crippen molar-refractivity contribution in [3.63, 3.8) is 0 Å². The Morgan fingerprint density at radius 2 is 1.93 bits per heavy atom. The summed E-state index contributed by atoms with van der Waals surface area (Å²) >= 11 is 1.67. The molecule has 1 aliphatic heterocycles. The van der Waals surface area contributed by atoms with Gasteiger partial charge in [-0.15, -0.1) is 11.3 Å². The number of thiazole rings is 1. The fourth-order valence-electron chi connectivity index (χ4n) is 3.54. The molecule has 0 unspecified atom stereocenters. The largest absolute Gasteiger partial charge is 0.453 e. The SMILES string of the molecule is O=C(OCC(=O)N1CCC[C@H](c2nc3ccccc3s2)C1)[C@@H](O)c1ccccc1. The molecule has 1 fully saturated rings. The minimum atomic E-state index is -1.39. The summed E-state index contributed by atoms with van der Waals surface area (Å²) in [4.78, 5) is 31.1. The Bertz CT molecular complexity index is 971. The third-order valence-electron chi connectivity index (χ3n) is 5.11. The number of aliphatic hydroxyl groups excluding tert-OH is 1. The number of carbonyl (C=O) groups is 2. The summed E-state index contributed by atoms with van der Waals surface area (Å²) in [6.07, 6.45) is 0.476. The molecule has 150 valence electrons. The Morgan fingerprint density at radius 1 is 1.17 bits per heavy atom. The van der Waals surface area contributed by atoms with E-state index < -0.39 is 12.1 Å². The maximum Gasteiger partial charge on any atom is 0.340 e. The van der Waals surface area contributed by atoms with E-state index in [0.717, 1.165) is 28.1 Å². The number of amides is 1. The lowest BCUT2D eigenvalue weighted by Crippen LogP contribution is -2.41. The van der Waals surface area contributed by atoms with E-state index in [0.29, 0.717) is 18.7 Å². The van der Waals surface area contributed by atoms with E-state index in [1.807, 2.05) is 18.2 Å². The predicted octanol–water partition coefficient (Wildman–Crippen LogP) is 3.28. The summed E-state index contributed by atoms with van der Waals surface area (Å²) in [7, 11) is 0. The molecule has 7 heteroatoms. The maximum absolute atomic E-state index is 12.6. The van der Waals surface area contributed by atoms with Crippen molar-refractivity contribution in [2.45, 2.75) is 24.9 Å². The molecular weight excluding hydrogens is 388 g/mol. The van der Waals surface area contributed by atoms with Gasteiger partial charge in [0.25, 0.3) is 5.91 Å². The van der Waals surface area contributed by atoms with E-state index in [4.69, 9.17) is 9.72 Å². The molecule has 0 saturated carbocycles. The number of fused-ring (bicyclic) bond motifs is 1. The van der Waals surface area contributed by atoms with Crippen molar-refractivity contribution >= 4 is 33.4 Å². The Kier molecular flexibility index (Phi) is 5.87. The highest BCUT2D eigenvalue weighted by atomic mass is 32.1. The third kappa shape index (κ3) is 4.46. The summed E-state index contributed by atoms with van der Waals surface area (Å²) in [6.45, 7) is 0.839. The number of carbonyl (C=O) groups excluding carboxylic acids is 2. The van der Waals surface area contributed by atoms with Gasteiger partial charge in [-0.25, -0.2) is 9.78 Å². The number of benzene rings is 2. The lowest BCUT2D eigenvalue weighted by Gasteiger charge is -2.31. The van der Waals surface area contributed by atoms with Crippen molar-refractivity contribution < 1.29 is 19.4 Å². The van der Waals surface area contributed by atoms with E-state index in [-0.39, 0.29) is 18.4 Å². The van der Waals surface area contributed by atoms with Crippen LogP contribution in [0.1, 0.15) is 35.4 Å². The number of piperidine rings is 1. The number of rotatable bonds is 5. The van der Waals surface area contributed by atoms with Crippen LogP contribution in [-0.2, 0) is 14.3 Å². The van der Waals surface area contributed by atoms with Crippen molar-refractivity contribution in [2.24, 2.45) is 0 Å². The van der Waals surface area contributed by atoms with Gasteiger partial charge in [-0.3, -0.25) is 4.79 Å². The molecule has 2 aromatic carbocycles. The van der Waals surface area contributed by atoms with Crippen LogP contribution in [-0.4, -0.2) is 46.6 Å². The highest BCUT2D eigenvalue weighted by Crippen LogP contribution is 2.33. The van der Waals surface area contributed by atoms with Crippen LogP contribution in [0.2, 0.25) is 0 Å². The van der Waals surface area contributed by atoms with Crippen LogP contribution >= 0.6 is 11.3 Å². The van der Waals surface area contributed by atoms with E-state index in [1.54, 1.807) is 46.6 Å². The van der Waals surface area contributed by atoms with Crippen LogP contribution < -0.4 is 0 Å². The number of para-hydroxylation sites is 1. The molecule has 2 heterocycles. The number of nitrogens with zero attached hydrogens (tertiary/aromatic N) is 2. The molecule has 0 radical (unpaired) electrons. The lowest BCUT2D eigenvalue weighted by molar-refractivity contribution is -0.160. The van der Waals surface area contributed by atoms with Gasteiger partial charge < -0.3 is 14.7 Å². The van der Waals surface area contributed by atoms with Gasteiger partial charge in [-0.2, -0.15) is 0 Å². The average Bonchev–Trinajstić information content (AvgIpc) is 3.22. The summed E-state index contributed by atoms with van der Waals surface area (Å²) in [5, 5.41) is 11.1. The average molecular weight is 410 g/mol. The molecule has 1 aromatic heterocycles. The van der Waals surface area contributed by atoms with Gasteiger partial charge in [0.1, 0.15) is 0 Å². The molecule has 1 aliphatic rings. The van der Waals surface area contributed by atoms with Crippen LogP contribution in [0.15, 0.2) is 54.6 Å². The summed E-state index contributed by atoms with van der Waals surface area (Å²) < 4.78 is 6.22. The van der Waals surface area contributed by atoms with Crippen LogP contribution in [0.25, 0.3) is 10.2 Å². The fraction of sp³-hybridized carbons (Fsp3) is 0.318. The van der Waals surface area contributed by atoms with Crippen molar-refractivity contribution in [3.8, 4) is 0 Å². The molecule has 1 N–H and O–H groups in total. The van der Waals surface area contributed by atoms with Gasteiger partial charge in [-0.1, -0.05) is 42.5 Å². The van der Waals surface area contributed by atoms with Gasteiger partial charge in [0.15, 0.2) is 12.7 Å². The second kappa shape index (κ2) is 8.71. The number of aliphatic hydroxyl groups is 1. The molecule has 0 aliphatic carbocycles. The summed E-state index contributed by atoms with van der Waals surface area (Å²) in [5.74, 6) is -0.871. The Balaban J connectivity index is 1.34. The van der Waals surface area contributed by atoms with E-state index in [2.05, 4.69) is 6.07 Å². The quantitative estimate of drug-likeness (QED) is 0.653. The zero-order valence-electron chi connectivity index (χ0n) is 15.9. The molecule has 1 amide bonds. The Labute approximate surface area is 172 Å². The van der Waals surface area contributed by atoms with Crippen LogP contribution in [0.3, 0.4) is 0 Å². The van der Waals surface area contributed by atoms with Crippen LogP contribution in [0.5, 0.6) is 0 Å². The summed E-state index contributed by atoms with van der Waals surface area (Å²) in [5.41, 5.74) is 1.43. The maximum atomic E-state index is 12.6. The number of esters is 1. The number of likely N-dealkylation sites (tertiary alicyclic amines) is 1. The van der Waals surface area contributed by atoms with Crippen molar-refractivity contribution in [3.05, 3.63) is 65.2 Å². The molecule has 1 saturated heterocycles. The van der Waals surface area contributed by atoms with Crippen LogP contribution in [0.4, 0.5) is 0 Å². The Morgan fingerprint density at radius 3 is 2.72 bits per heavy atom. The van der Waals surface area contributed by atoms with Crippen LogP contribution in [0, 0.1) is 0 Å². The smallest absolute Gasteiger partial charge is 0.340 e. The van der Waals surface area contributed by atoms with Gasteiger partial charge in [0.05, 0.1) is 15.2 Å². The number of hydrogen-bond acceptors (Lipinski definition) is 6. The molecule has 0 spiro atoms. The molecule has 0 bridgehead atoms. The second-order valence-electron chi connectivity index (χ2n) is 7.12. The number of ether oxygens (including phenoxy) is 1. The minimum absolute atomic E-state index is 0.190. The Hall–Kier alpha value is -2.77. The van der Waals surface area contributed by atoms with Crippen molar-refractivity contribution in [1.29, 1.82) is 0 Å². The first-order chi connectivity index (χ1) is 14.1. The normalized spacial score (nSPS) is 17.8. The molecular formula is C22H22N2O4S. The van der Waals surface area contributed by atoms with Crippen molar-refractivity contribution in [1.82, 2.24) is 9.88 Å². The second-order valence-corrected chi connectivity index (χ2v) is 8.18. The fourth-order valence-corrected chi connectivity index (χ4v) is 4.64. The molecule has 3 aromatic rings. The zero-order chi connectivity index (χ0) is 20.2. The van der Waals surface area contributed by atoms with Gasteiger partial charge in [0.2, 0.25) is 0 Å². The van der Waals surface area contributed by atoms with Crippen molar-refractivity contribution in [2.75, 3.05) is 19.7 Å². The first-order valence-corrected chi connectivity index (χ1v) is 10.5. The predicted molar refractivity (Wildman–Crippen MR) is 111 cm³/mol. The van der Waals surface area contributed by atoms with E-state index in [9.17, 15) is 14.7 Å². The van der Waals surface area contributed by atoms with E-state index in [1.165, 1.54) is 0 Å². The van der Waals surface area contributed by atoms with Gasteiger partial charge in [0, 0.05) is 19.0 Å². The monoisotopic (exact) mass is 410 g/mol. The minimum Gasteiger partial charge on any atom is -0.453 e. The molecule has 4 rings (SSSR count). The highest BCUT2D eigenvalue weighted by molar-refractivity contribution is 7.18.